The summed E-state index contributed by atoms with van der Waals surface area (Å²) >= 11 is 1.17. The Morgan fingerprint density at radius 3 is 2.75 bits per heavy atom. The van der Waals surface area contributed by atoms with Crippen molar-refractivity contribution >= 4 is 17.4 Å². The highest BCUT2D eigenvalue weighted by molar-refractivity contribution is 7.08. The van der Waals surface area contributed by atoms with Gasteiger partial charge in [0.05, 0.1) is 5.69 Å². The molecular formula is C13H23N5OS. The lowest BCUT2D eigenvalue weighted by Crippen LogP contribution is -2.46. The van der Waals surface area contributed by atoms with Gasteiger partial charge in [0.15, 0.2) is 0 Å². The van der Waals surface area contributed by atoms with Crippen LogP contribution in [0, 0.1) is 0 Å². The number of nitrogens with one attached hydrogen (secondary N) is 2. The summed E-state index contributed by atoms with van der Waals surface area (Å²) in [6.45, 7) is 11.8. The van der Waals surface area contributed by atoms with Gasteiger partial charge in [-0.25, -0.2) is 0 Å². The molecule has 2 rings (SSSR count). The fraction of sp³-hybridized carbons (Fsp3) is 0.769. The van der Waals surface area contributed by atoms with Crippen molar-refractivity contribution < 1.29 is 4.79 Å². The molecule has 2 heterocycles. The molecule has 1 aromatic rings. The molecule has 20 heavy (non-hydrogen) atoms. The Morgan fingerprint density at radius 1 is 1.40 bits per heavy atom. The van der Waals surface area contributed by atoms with Gasteiger partial charge in [-0.05, 0) is 11.5 Å². The molecule has 1 saturated heterocycles. The number of aromatic nitrogens is 2. The summed E-state index contributed by atoms with van der Waals surface area (Å²) in [6.07, 6.45) is 0. The van der Waals surface area contributed by atoms with Gasteiger partial charge >= 0.3 is 0 Å². The smallest absolute Gasteiger partial charge is 0.265 e. The molecule has 1 amide bonds. The third kappa shape index (κ3) is 3.97. The quantitative estimate of drug-likeness (QED) is 0.845. The van der Waals surface area contributed by atoms with E-state index in [1.54, 1.807) is 0 Å². The molecule has 0 atom stereocenters. The summed E-state index contributed by atoms with van der Waals surface area (Å²) in [7, 11) is 0. The standard InChI is InChI=1S/C13H23N5OS/c1-13(2,3)11-10(20-17-16-11)12(19)15-6-9-18-7-4-14-5-8-18/h14H,4-9H2,1-3H3,(H,15,19). The summed E-state index contributed by atoms with van der Waals surface area (Å²) in [4.78, 5) is 15.2. The van der Waals surface area contributed by atoms with Gasteiger partial charge in [0.1, 0.15) is 4.88 Å². The van der Waals surface area contributed by atoms with E-state index in [2.05, 4.69) is 25.1 Å². The number of carbonyl (C=O) groups excluding carboxylic acids is 1. The van der Waals surface area contributed by atoms with E-state index >= 15 is 0 Å². The molecular weight excluding hydrogens is 274 g/mol. The summed E-state index contributed by atoms with van der Waals surface area (Å²) in [5, 5.41) is 10.4. The van der Waals surface area contributed by atoms with Crippen LogP contribution >= 0.6 is 11.5 Å². The zero-order valence-electron chi connectivity index (χ0n) is 12.4. The molecule has 0 aliphatic carbocycles. The van der Waals surface area contributed by atoms with Crippen molar-refractivity contribution in [2.45, 2.75) is 26.2 Å². The Kier molecular flexibility index (Phi) is 5.06. The van der Waals surface area contributed by atoms with Crippen LogP contribution in [0.25, 0.3) is 0 Å². The Bertz CT molecular complexity index is 448. The van der Waals surface area contributed by atoms with Crippen LogP contribution in [0.1, 0.15) is 36.1 Å². The zero-order valence-corrected chi connectivity index (χ0v) is 13.2. The fourth-order valence-corrected chi connectivity index (χ4v) is 2.97. The maximum Gasteiger partial charge on any atom is 0.265 e. The van der Waals surface area contributed by atoms with Gasteiger partial charge in [0.2, 0.25) is 0 Å². The normalized spacial score (nSPS) is 17.1. The minimum atomic E-state index is -0.155. The second-order valence-corrected chi connectivity index (χ2v) is 6.80. The molecule has 2 N–H and O–H groups in total. The number of hydrogen-bond donors (Lipinski definition) is 2. The molecule has 0 aromatic carbocycles. The maximum absolute atomic E-state index is 12.2. The van der Waals surface area contributed by atoms with Crippen LogP contribution in [-0.2, 0) is 5.41 Å². The molecule has 6 nitrogen and oxygen atoms in total. The second kappa shape index (κ2) is 6.60. The van der Waals surface area contributed by atoms with Crippen LogP contribution in [0.5, 0.6) is 0 Å². The van der Waals surface area contributed by atoms with E-state index < -0.39 is 0 Å². The first-order chi connectivity index (χ1) is 9.48. The number of nitrogens with zero attached hydrogens (tertiary/aromatic N) is 3. The van der Waals surface area contributed by atoms with Gasteiger partial charge in [-0.1, -0.05) is 25.3 Å². The van der Waals surface area contributed by atoms with Gasteiger partial charge in [-0.15, -0.1) is 5.10 Å². The Labute approximate surface area is 124 Å². The first kappa shape index (κ1) is 15.3. The molecule has 0 saturated carbocycles. The first-order valence-corrected chi connectivity index (χ1v) is 7.80. The number of rotatable bonds is 4. The van der Waals surface area contributed by atoms with Crippen LogP contribution in [0.2, 0.25) is 0 Å². The Balaban J connectivity index is 1.84. The highest BCUT2D eigenvalue weighted by Gasteiger charge is 2.26. The van der Waals surface area contributed by atoms with Crippen LogP contribution in [-0.4, -0.2) is 59.7 Å². The number of piperazine rings is 1. The summed E-state index contributed by atoms with van der Waals surface area (Å²) < 4.78 is 3.92. The lowest BCUT2D eigenvalue weighted by atomic mass is 9.91. The predicted octanol–water partition coefficient (Wildman–Crippen LogP) is 0.471. The van der Waals surface area contributed by atoms with Gasteiger partial charge in [-0.3, -0.25) is 9.69 Å². The summed E-state index contributed by atoms with van der Waals surface area (Å²) in [6, 6.07) is 0. The average molecular weight is 297 g/mol. The van der Waals surface area contributed by atoms with E-state index in [0.717, 1.165) is 38.4 Å². The minimum Gasteiger partial charge on any atom is -0.350 e. The Hall–Kier alpha value is -1.05. The lowest BCUT2D eigenvalue weighted by molar-refractivity contribution is 0.0949. The van der Waals surface area contributed by atoms with Crippen molar-refractivity contribution in [3.05, 3.63) is 10.6 Å². The summed E-state index contributed by atoms with van der Waals surface area (Å²) in [5.41, 5.74) is 0.625. The van der Waals surface area contributed by atoms with Crippen molar-refractivity contribution in [1.82, 2.24) is 25.1 Å². The van der Waals surface area contributed by atoms with Gasteiger partial charge in [0.25, 0.3) is 5.91 Å². The van der Waals surface area contributed by atoms with E-state index in [1.165, 1.54) is 11.5 Å². The predicted molar refractivity (Wildman–Crippen MR) is 80.3 cm³/mol. The van der Waals surface area contributed by atoms with Crippen molar-refractivity contribution in [3.63, 3.8) is 0 Å². The third-order valence-corrected chi connectivity index (χ3v) is 4.05. The van der Waals surface area contributed by atoms with E-state index in [-0.39, 0.29) is 11.3 Å². The third-order valence-electron chi connectivity index (χ3n) is 3.33. The van der Waals surface area contributed by atoms with Gasteiger partial charge in [0, 0.05) is 44.7 Å². The van der Waals surface area contributed by atoms with Crippen LogP contribution in [0.15, 0.2) is 0 Å². The molecule has 1 aliphatic heterocycles. The van der Waals surface area contributed by atoms with E-state index in [1.807, 2.05) is 20.8 Å². The monoisotopic (exact) mass is 297 g/mol. The van der Waals surface area contributed by atoms with Crippen molar-refractivity contribution in [1.29, 1.82) is 0 Å². The van der Waals surface area contributed by atoms with E-state index in [4.69, 9.17) is 0 Å². The van der Waals surface area contributed by atoms with Gasteiger partial charge in [-0.2, -0.15) is 0 Å². The second-order valence-electron chi connectivity index (χ2n) is 6.05. The number of amides is 1. The van der Waals surface area contributed by atoms with E-state index in [0.29, 0.717) is 11.4 Å². The van der Waals surface area contributed by atoms with Crippen molar-refractivity contribution in [3.8, 4) is 0 Å². The molecule has 7 heteroatoms. The largest absolute Gasteiger partial charge is 0.350 e. The van der Waals surface area contributed by atoms with Gasteiger partial charge < -0.3 is 10.6 Å². The average Bonchev–Trinajstić information content (AvgIpc) is 2.89. The van der Waals surface area contributed by atoms with Crippen molar-refractivity contribution in [2.75, 3.05) is 39.3 Å². The minimum absolute atomic E-state index is 0.0555. The highest BCUT2D eigenvalue weighted by atomic mass is 32.1. The molecule has 1 aromatic heterocycles. The molecule has 0 spiro atoms. The molecule has 1 aliphatic rings. The van der Waals surface area contributed by atoms with Crippen LogP contribution < -0.4 is 10.6 Å². The maximum atomic E-state index is 12.2. The van der Waals surface area contributed by atoms with Crippen molar-refractivity contribution in [2.24, 2.45) is 0 Å². The van der Waals surface area contributed by atoms with E-state index in [9.17, 15) is 4.79 Å². The highest BCUT2D eigenvalue weighted by Crippen LogP contribution is 2.25. The number of hydrogen-bond acceptors (Lipinski definition) is 6. The first-order valence-electron chi connectivity index (χ1n) is 7.02. The molecule has 112 valence electrons. The number of carbonyl (C=O) groups is 1. The fourth-order valence-electron chi connectivity index (χ4n) is 2.17. The molecule has 0 bridgehead atoms. The SMILES string of the molecule is CC(C)(C)c1nnsc1C(=O)NCCN1CCNCC1. The molecule has 1 fully saturated rings. The van der Waals surface area contributed by atoms with Crippen LogP contribution in [0.4, 0.5) is 0 Å². The molecule has 0 radical (unpaired) electrons. The van der Waals surface area contributed by atoms with Crippen LogP contribution in [0.3, 0.4) is 0 Å². The summed E-state index contributed by atoms with van der Waals surface area (Å²) in [5.74, 6) is -0.0555. The molecule has 0 unspecified atom stereocenters. The topological polar surface area (TPSA) is 70.2 Å². The zero-order chi connectivity index (χ0) is 14.6. The lowest BCUT2D eigenvalue weighted by Gasteiger charge is -2.27. The Morgan fingerprint density at radius 2 is 2.10 bits per heavy atom.